The maximum absolute atomic E-state index is 15.0. The van der Waals surface area contributed by atoms with Gasteiger partial charge in [-0.25, -0.2) is 4.79 Å². The summed E-state index contributed by atoms with van der Waals surface area (Å²) in [6.07, 6.45) is -1.20. The van der Waals surface area contributed by atoms with Crippen LogP contribution in [0.15, 0.2) is 97.1 Å². The molecule has 0 aliphatic heterocycles. The van der Waals surface area contributed by atoms with Crippen molar-refractivity contribution >= 4 is 170 Å². The summed E-state index contributed by atoms with van der Waals surface area (Å²) in [6.45, 7) is 8.67. The molecule has 4 heteroatoms. The smallest absolute Gasteiger partial charge is 0.339 e. The Hall–Kier alpha value is -6.85. The molecular formula is C57H30O3Si. The number of rotatable bonds is 5. The normalized spacial score (nSPS) is 17.3. The fourth-order valence-electron chi connectivity index (χ4n) is 14.8. The molecule has 0 N–H and O–H groups in total. The van der Waals surface area contributed by atoms with Crippen LogP contribution in [-0.4, -0.2) is 14.3 Å². The lowest BCUT2D eigenvalue weighted by atomic mass is 9.85. The third-order valence-corrected chi connectivity index (χ3v) is 19.3. The predicted octanol–water partition coefficient (Wildman–Crippen LogP) is 14.8. The van der Waals surface area contributed by atoms with Gasteiger partial charge in [-0.05, 0) is 194 Å². The van der Waals surface area contributed by atoms with Gasteiger partial charge in [0, 0.05) is 11.1 Å². The van der Waals surface area contributed by atoms with Gasteiger partial charge in [-0.1, -0.05) is 97.1 Å². The Bertz CT molecular complexity index is 4670. The van der Waals surface area contributed by atoms with Gasteiger partial charge in [-0.15, -0.1) is 0 Å². The van der Waals surface area contributed by atoms with Gasteiger partial charge in [0.15, 0.2) is 6.10 Å². The molecule has 1 aliphatic carbocycles. The number of carbonyl (C=O) groups is 1. The van der Waals surface area contributed by atoms with Gasteiger partial charge in [0.25, 0.3) is 0 Å². The second-order valence-electron chi connectivity index (χ2n) is 19.5. The van der Waals surface area contributed by atoms with Crippen molar-refractivity contribution in [3.8, 4) is 0 Å². The SMILES string of the molecule is Cc1cccc(C)c1C(=O)OC1c2c3ccc4c5ccc6c7ccc8c9ccc%10c(c%11c2c2c3c4c3c5c6c4c7c8c5c9c%10c%11c6c2c3c4c56)C1O[Si](C)(C)c1ccccc1. The van der Waals surface area contributed by atoms with Gasteiger partial charge in [0.05, 0.1) is 5.56 Å². The van der Waals surface area contributed by atoms with Gasteiger partial charge < -0.3 is 9.16 Å². The first kappa shape index (κ1) is 30.2. The minimum Gasteiger partial charge on any atom is -0.451 e. The lowest BCUT2D eigenvalue weighted by molar-refractivity contribution is -0.0126. The fraction of sp³-hybridized carbons (Fsp3) is 0.105. The molecule has 61 heavy (non-hydrogen) atoms. The van der Waals surface area contributed by atoms with Gasteiger partial charge in [0.2, 0.25) is 8.32 Å². The van der Waals surface area contributed by atoms with Crippen molar-refractivity contribution in [3.63, 3.8) is 0 Å². The second-order valence-corrected chi connectivity index (χ2v) is 23.3. The average molecular weight is 791 g/mol. The number of carbonyl (C=O) groups excluding carboxylic acids is 1. The molecule has 1 aliphatic rings. The van der Waals surface area contributed by atoms with E-state index < -0.39 is 20.5 Å². The van der Waals surface area contributed by atoms with Crippen molar-refractivity contribution < 1.29 is 14.0 Å². The van der Waals surface area contributed by atoms with E-state index in [2.05, 4.69) is 92.0 Å². The Morgan fingerprint density at radius 2 is 0.738 bits per heavy atom. The summed E-state index contributed by atoms with van der Waals surface area (Å²) in [5, 5.41) is 40.1. The Morgan fingerprint density at radius 3 is 1.16 bits per heavy atom. The van der Waals surface area contributed by atoms with Crippen LogP contribution in [-0.2, 0) is 9.16 Å². The summed E-state index contributed by atoms with van der Waals surface area (Å²) in [5.41, 5.74) is 4.82. The predicted molar refractivity (Wildman–Crippen MR) is 257 cm³/mol. The van der Waals surface area contributed by atoms with Crippen LogP contribution in [0.4, 0.5) is 0 Å². The molecule has 0 amide bonds. The topological polar surface area (TPSA) is 35.5 Å². The van der Waals surface area contributed by atoms with Crippen LogP contribution in [0.25, 0.3) is 151 Å². The first-order valence-corrected chi connectivity index (χ1v) is 24.7. The fourth-order valence-corrected chi connectivity index (χ4v) is 16.8. The number of esters is 1. The van der Waals surface area contributed by atoms with E-state index in [4.69, 9.17) is 9.16 Å². The van der Waals surface area contributed by atoms with Crippen molar-refractivity contribution in [1.82, 2.24) is 0 Å². The van der Waals surface area contributed by atoms with Crippen LogP contribution in [0.2, 0.25) is 13.1 Å². The average Bonchev–Trinajstić information content (AvgIpc) is 4.09. The Labute approximate surface area is 346 Å². The number of benzene rings is 11. The summed E-state index contributed by atoms with van der Waals surface area (Å²) in [4.78, 5) is 15.0. The van der Waals surface area contributed by atoms with Crippen LogP contribution in [0.5, 0.6) is 0 Å². The van der Waals surface area contributed by atoms with Crippen LogP contribution < -0.4 is 5.19 Å². The maximum Gasteiger partial charge on any atom is 0.339 e. The van der Waals surface area contributed by atoms with E-state index in [1.807, 2.05) is 32.0 Å². The molecular weight excluding hydrogens is 761 g/mol. The van der Waals surface area contributed by atoms with E-state index in [-0.39, 0.29) is 5.97 Å². The molecule has 0 bridgehead atoms. The van der Waals surface area contributed by atoms with Gasteiger partial charge in [-0.2, -0.15) is 0 Å². The molecule has 0 spiro atoms. The van der Waals surface area contributed by atoms with E-state index in [1.165, 1.54) is 162 Å². The molecule has 280 valence electrons. The summed E-state index contributed by atoms with van der Waals surface area (Å²) < 4.78 is 15.1. The zero-order valence-electron chi connectivity index (χ0n) is 33.6. The Morgan fingerprint density at radius 1 is 0.393 bits per heavy atom. The maximum atomic E-state index is 15.0. The molecule has 3 nitrogen and oxygen atoms in total. The summed E-state index contributed by atoms with van der Waals surface area (Å²) in [5.74, 6) is -0.285. The number of hydrogen-bond donors (Lipinski definition) is 0. The quantitative estimate of drug-likeness (QED) is 0.0989. The Kier molecular flexibility index (Phi) is 4.36. The minimum absolute atomic E-state index is 0.285. The number of aryl methyl sites for hydroxylation is 2. The van der Waals surface area contributed by atoms with Crippen molar-refractivity contribution in [2.75, 3.05) is 0 Å². The third-order valence-electron chi connectivity index (χ3n) is 16.7. The van der Waals surface area contributed by atoms with Crippen molar-refractivity contribution in [1.29, 1.82) is 0 Å². The van der Waals surface area contributed by atoms with E-state index in [9.17, 15) is 0 Å². The highest BCUT2D eigenvalue weighted by Crippen LogP contribution is 2.70. The summed E-state index contributed by atoms with van der Waals surface area (Å²) in [6, 6.07) is 36.1. The molecule has 0 saturated heterocycles. The number of hydrogen-bond acceptors (Lipinski definition) is 3. The van der Waals surface area contributed by atoms with Gasteiger partial charge in [-0.3, -0.25) is 0 Å². The minimum atomic E-state index is -2.64. The molecule has 0 heterocycles. The zero-order chi connectivity index (χ0) is 39.6. The summed E-state index contributed by atoms with van der Waals surface area (Å²) in [7, 11) is -2.64. The molecule has 18 rings (SSSR count). The van der Waals surface area contributed by atoms with Crippen molar-refractivity contribution in [2.24, 2.45) is 0 Å². The van der Waals surface area contributed by atoms with Crippen LogP contribution >= 0.6 is 0 Å². The molecule has 2 unspecified atom stereocenters. The lowest BCUT2D eigenvalue weighted by Gasteiger charge is -2.37. The largest absolute Gasteiger partial charge is 0.451 e. The first-order chi connectivity index (χ1) is 29.8. The second kappa shape index (κ2) is 8.80. The number of ether oxygens (including phenoxy) is 1. The Balaban J connectivity index is 1.13. The molecule has 0 aromatic heterocycles. The van der Waals surface area contributed by atoms with Gasteiger partial charge >= 0.3 is 5.97 Å². The molecule has 0 radical (unpaired) electrons. The molecule has 0 saturated carbocycles. The third kappa shape index (κ3) is 2.72. The highest BCUT2D eigenvalue weighted by atomic mass is 28.4. The lowest BCUT2D eigenvalue weighted by Crippen LogP contribution is -2.46. The van der Waals surface area contributed by atoms with E-state index >= 15 is 4.79 Å². The van der Waals surface area contributed by atoms with Crippen molar-refractivity contribution in [2.45, 2.75) is 39.1 Å². The highest BCUT2D eigenvalue weighted by Gasteiger charge is 2.48. The monoisotopic (exact) mass is 790 g/mol. The van der Waals surface area contributed by atoms with E-state index in [0.717, 1.165) is 16.7 Å². The molecule has 17 aromatic carbocycles. The molecule has 2 atom stereocenters. The van der Waals surface area contributed by atoms with Gasteiger partial charge in [0.1, 0.15) is 6.10 Å². The molecule has 17 aromatic rings. The highest BCUT2D eigenvalue weighted by molar-refractivity contribution is 6.84. The van der Waals surface area contributed by atoms with E-state index in [1.54, 1.807) is 0 Å². The van der Waals surface area contributed by atoms with E-state index in [0.29, 0.717) is 5.56 Å². The summed E-state index contributed by atoms with van der Waals surface area (Å²) >= 11 is 0. The standard InChI is InChI=1S/C57H30O3Si/c1-21-9-8-10-22(2)32(21)57(58)59-55-41-30-19-17-28-26-15-13-24-25-14-16-27-29-18-20-31-40-38(29)45-36(27)34(25)43-33(24)35(26)44-37(28)39(30)46-48(41)49(47(40)54-52(45)50(43)51(44)53(46)54)42(31)56(55)60-61(3,4)23-11-6-5-7-12-23/h5-20,55-56H,1-4H3. The first-order valence-electron chi connectivity index (χ1n) is 21.8. The van der Waals surface area contributed by atoms with Crippen LogP contribution in [0.1, 0.15) is 44.8 Å². The van der Waals surface area contributed by atoms with Crippen molar-refractivity contribution in [3.05, 3.63) is 125 Å². The van der Waals surface area contributed by atoms with Crippen LogP contribution in [0.3, 0.4) is 0 Å². The van der Waals surface area contributed by atoms with Crippen LogP contribution in [0, 0.1) is 13.8 Å². The number of fused-ring (bicyclic) bond motifs is 5. The molecule has 0 fully saturated rings. The zero-order valence-corrected chi connectivity index (χ0v) is 34.6.